The Morgan fingerprint density at radius 3 is 3.00 bits per heavy atom. The molecule has 1 aromatic rings. The van der Waals surface area contributed by atoms with Crippen molar-refractivity contribution >= 4 is 17.5 Å². The van der Waals surface area contributed by atoms with Crippen LogP contribution in [0.2, 0.25) is 0 Å². The average molecular weight is 294 g/mol. The Morgan fingerprint density at radius 2 is 2.43 bits per heavy atom. The molecule has 8 heteroatoms. The Labute approximate surface area is 121 Å². The van der Waals surface area contributed by atoms with Crippen LogP contribution in [0, 0.1) is 16.0 Å². The highest BCUT2D eigenvalue weighted by Gasteiger charge is 2.22. The number of rotatable bonds is 6. The fraction of sp³-hybridized carbons (Fsp3) is 0.538. The van der Waals surface area contributed by atoms with E-state index in [0.717, 1.165) is 38.3 Å². The summed E-state index contributed by atoms with van der Waals surface area (Å²) >= 11 is 0. The normalized spacial score (nSPS) is 18.6. The van der Waals surface area contributed by atoms with E-state index in [1.807, 2.05) is 0 Å². The smallest absolute Gasteiger partial charge is 0.339 e. The standard InChI is InChI=1S/C13H18N4O4/c1-2-16-4-3-9(8-16)6-14-12-11(13(18)19)5-10(7-15-12)17(20)21/h5,7,9H,2-4,6,8H2,1H3,(H,14,15)(H,18,19). The molecule has 1 aliphatic rings. The summed E-state index contributed by atoms with van der Waals surface area (Å²) < 4.78 is 0. The first-order valence-corrected chi connectivity index (χ1v) is 6.85. The number of aromatic nitrogens is 1. The molecule has 1 aromatic heterocycles. The molecule has 0 amide bonds. The molecule has 114 valence electrons. The minimum absolute atomic E-state index is 0.172. The van der Waals surface area contributed by atoms with Gasteiger partial charge in [-0.05, 0) is 25.4 Å². The summed E-state index contributed by atoms with van der Waals surface area (Å²) in [5.74, 6) is -0.609. The van der Waals surface area contributed by atoms with E-state index < -0.39 is 10.9 Å². The quantitative estimate of drug-likeness (QED) is 0.603. The van der Waals surface area contributed by atoms with Crippen LogP contribution >= 0.6 is 0 Å². The first-order valence-electron chi connectivity index (χ1n) is 6.85. The van der Waals surface area contributed by atoms with Crippen molar-refractivity contribution in [3.63, 3.8) is 0 Å². The number of carboxylic acid groups (broad SMARTS) is 1. The van der Waals surface area contributed by atoms with E-state index in [2.05, 4.69) is 22.1 Å². The third-order valence-corrected chi connectivity index (χ3v) is 3.69. The second kappa shape index (κ2) is 6.49. The third kappa shape index (κ3) is 3.66. The van der Waals surface area contributed by atoms with Crippen molar-refractivity contribution in [1.82, 2.24) is 9.88 Å². The van der Waals surface area contributed by atoms with Gasteiger partial charge in [-0.15, -0.1) is 0 Å². The molecule has 2 N–H and O–H groups in total. The number of nitrogens with one attached hydrogen (secondary N) is 1. The number of nitro groups is 1. The first-order chi connectivity index (χ1) is 10.0. The van der Waals surface area contributed by atoms with Crippen LogP contribution in [0.15, 0.2) is 12.3 Å². The largest absolute Gasteiger partial charge is 0.478 e. The number of hydrogen-bond donors (Lipinski definition) is 2. The highest BCUT2D eigenvalue weighted by Crippen LogP contribution is 2.21. The van der Waals surface area contributed by atoms with Crippen LogP contribution in [0.5, 0.6) is 0 Å². The van der Waals surface area contributed by atoms with Crippen molar-refractivity contribution in [2.75, 3.05) is 31.5 Å². The summed E-state index contributed by atoms with van der Waals surface area (Å²) in [5, 5.41) is 22.8. The molecule has 0 radical (unpaired) electrons. The Hall–Kier alpha value is -2.22. The van der Waals surface area contributed by atoms with Gasteiger partial charge in [-0.25, -0.2) is 9.78 Å². The van der Waals surface area contributed by atoms with Crippen LogP contribution in [0.1, 0.15) is 23.7 Å². The lowest BCUT2D eigenvalue weighted by Crippen LogP contribution is -2.23. The molecule has 1 fully saturated rings. The summed E-state index contributed by atoms with van der Waals surface area (Å²) in [6.07, 6.45) is 2.12. The van der Waals surface area contributed by atoms with Crippen molar-refractivity contribution < 1.29 is 14.8 Å². The van der Waals surface area contributed by atoms with Crippen LogP contribution in [0.3, 0.4) is 0 Å². The molecule has 0 bridgehead atoms. The SMILES string of the molecule is CCN1CCC(CNc2ncc([N+](=O)[O-])cc2C(=O)O)C1. The number of carboxylic acids is 1. The predicted octanol–water partition coefficient (Wildman–Crippen LogP) is 1.44. The molecule has 1 unspecified atom stereocenters. The van der Waals surface area contributed by atoms with E-state index in [9.17, 15) is 14.9 Å². The average Bonchev–Trinajstić information content (AvgIpc) is 2.92. The van der Waals surface area contributed by atoms with Crippen molar-refractivity contribution in [1.29, 1.82) is 0 Å². The van der Waals surface area contributed by atoms with Gasteiger partial charge < -0.3 is 15.3 Å². The topological polar surface area (TPSA) is 109 Å². The van der Waals surface area contributed by atoms with Crippen LogP contribution in [-0.4, -0.2) is 52.1 Å². The molecule has 21 heavy (non-hydrogen) atoms. The zero-order valence-electron chi connectivity index (χ0n) is 11.8. The minimum Gasteiger partial charge on any atom is -0.478 e. The van der Waals surface area contributed by atoms with Crippen molar-refractivity contribution in [2.24, 2.45) is 5.92 Å². The van der Waals surface area contributed by atoms with Crippen LogP contribution in [0.4, 0.5) is 11.5 Å². The second-order valence-corrected chi connectivity index (χ2v) is 5.08. The van der Waals surface area contributed by atoms with E-state index in [-0.39, 0.29) is 17.1 Å². The molecule has 2 heterocycles. The van der Waals surface area contributed by atoms with Crippen molar-refractivity contribution in [3.05, 3.63) is 27.9 Å². The molecule has 0 spiro atoms. The van der Waals surface area contributed by atoms with Gasteiger partial charge in [0.05, 0.1) is 4.92 Å². The summed E-state index contributed by atoms with van der Waals surface area (Å²) in [7, 11) is 0. The molecule has 0 aromatic carbocycles. The molecule has 0 aliphatic carbocycles. The Bertz CT molecular complexity index is 549. The fourth-order valence-electron chi connectivity index (χ4n) is 2.47. The van der Waals surface area contributed by atoms with E-state index >= 15 is 0 Å². The van der Waals surface area contributed by atoms with E-state index in [1.54, 1.807) is 0 Å². The molecule has 8 nitrogen and oxygen atoms in total. The monoisotopic (exact) mass is 294 g/mol. The lowest BCUT2D eigenvalue weighted by Gasteiger charge is -2.14. The van der Waals surface area contributed by atoms with Gasteiger partial charge in [0.1, 0.15) is 17.6 Å². The van der Waals surface area contributed by atoms with Gasteiger partial charge in [0.25, 0.3) is 5.69 Å². The maximum Gasteiger partial charge on any atom is 0.339 e. The van der Waals surface area contributed by atoms with Gasteiger partial charge in [0, 0.05) is 19.2 Å². The Morgan fingerprint density at radius 1 is 1.67 bits per heavy atom. The van der Waals surface area contributed by atoms with Crippen LogP contribution < -0.4 is 5.32 Å². The zero-order valence-corrected chi connectivity index (χ0v) is 11.8. The summed E-state index contributed by atoms with van der Waals surface area (Å²) in [4.78, 5) is 27.4. The van der Waals surface area contributed by atoms with Gasteiger partial charge in [0.2, 0.25) is 0 Å². The summed E-state index contributed by atoms with van der Waals surface area (Å²) in [6.45, 7) is 5.74. The van der Waals surface area contributed by atoms with E-state index in [4.69, 9.17) is 5.11 Å². The molecule has 1 saturated heterocycles. The van der Waals surface area contributed by atoms with Gasteiger partial charge in [0.15, 0.2) is 0 Å². The van der Waals surface area contributed by atoms with Crippen LogP contribution in [0.25, 0.3) is 0 Å². The van der Waals surface area contributed by atoms with Gasteiger partial charge in [-0.2, -0.15) is 0 Å². The summed E-state index contributed by atoms with van der Waals surface area (Å²) in [6, 6.07) is 1.03. The first kappa shape index (κ1) is 15.2. The van der Waals surface area contributed by atoms with Gasteiger partial charge in [-0.1, -0.05) is 6.92 Å². The van der Waals surface area contributed by atoms with E-state index in [1.165, 1.54) is 0 Å². The number of anilines is 1. The minimum atomic E-state index is -1.23. The second-order valence-electron chi connectivity index (χ2n) is 5.08. The molecule has 1 atom stereocenters. The van der Waals surface area contributed by atoms with Gasteiger partial charge in [-0.3, -0.25) is 10.1 Å². The van der Waals surface area contributed by atoms with Crippen molar-refractivity contribution in [3.8, 4) is 0 Å². The maximum absolute atomic E-state index is 11.2. The predicted molar refractivity (Wildman–Crippen MR) is 76.6 cm³/mol. The Balaban J connectivity index is 2.06. The Kier molecular flexibility index (Phi) is 4.69. The van der Waals surface area contributed by atoms with Gasteiger partial charge >= 0.3 is 5.97 Å². The number of carbonyl (C=O) groups is 1. The highest BCUT2D eigenvalue weighted by atomic mass is 16.6. The zero-order chi connectivity index (χ0) is 15.4. The number of likely N-dealkylation sites (tertiary alicyclic amines) is 1. The third-order valence-electron chi connectivity index (χ3n) is 3.69. The maximum atomic E-state index is 11.2. The van der Waals surface area contributed by atoms with Crippen molar-refractivity contribution in [2.45, 2.75) is 13.3 Å². The number of nitrogens with zero attached hydrogens (tertiary/aromatic N) is 3. The molecule has 1 aliphatic heterocycles. The number of hydrogen-bond acceptors (Lipinski definition) is 6. The fourth-order valence-corrected chi connectivity index (χ4v) is 2.47. The summed E-state index contributed by atoms with van der Waals surface area (Å²) in [5.41, 5.74) is -0.495. The number of pyridine rings is 1. The van der Waals surface area contributed by atoms with E-state index in [0.29, 0.717) is 12.5 Å². The molecular weight excluding hydrogens is 276 g/mol. The molecule has 0 saturated carbocycles. The molecule has 2 rings (SSSR count). The lowest BCUT2D eigenvalue weighted by atomic mass is 10.1. The molecular formula is C13H18N4O4. The highest BCUT2D eigenvalue weighted by molar-refractivity contribution is 5.93. The number of aromatic carboxylic acids is 1. The van der Waals surface area contributed by atoms with Crippen LogP contribution in [-0.2, 0) is 0 Å². The lowest BCUT2D eigenvalue weighted by molar-refractivity contribution is -0.385.